The lowest BCUT2D eigenvalue weighted by atomic mass is 10.1. The molecule has 1 amide bonds. The Bertz CT molecular complexity index is 421. The van der Waals surface area contributed by atoms with Gasteiger partial charge in [-0.1, -0.05) is 31.5 Å². The summed E-state index contributed by atoms with van der Waals surface area (Å²) in [5.41, 5.74) is 12.6. The van der Waals surface area contributed by atoms with E-state index in [4.69, 9.17) is 23.1 Å². The van der Waals surface area contributed by atoms with Gasteiger partial charge in [0.1, 0.15) is 0 Å². The molecule has 0 aliphatic carbocycles. The van der Waals surface area contributed by atoms with E-state index in [0.29, 0.717) is 17.5 Å². The summed E-state index contributed by atoms with van der Waals surface area (Å²) in [4.78, 5) is 13.0. The van der Waals surface area contributed by atoms with E-state index in [1.165, 1.54) is 0 Å². The lowest BCUT2D eigenvalue weighted by molar-refractivity contribution is -0.116. The third kappa shape index (κ3) is 4.20. The number of halogens is 1. The van der Waals surface area contributed by atoms with E-state index in [1.54, 1.807) is 0 Å². The van der Waals surface area contributed by atoms with Gasteiger partial charge in [0.05, 0.1) is 17.3 Å². The first-order valence-electron chi connectivity index (χ1n) is 5.95. The number of nitrogens with two attached hydrogens (primary N) is 2. The van der Waals surface area contributed by atoms with Crippen LogP contribution in [0.4, 0.5) is 5.69 Å². The molecule has 1 aromatic carbocycles. The van der Waals surface area contributed by atoms with Crippen molar-refractivity contribution >= 4 is 23.2 Å². The molecule has 5 heteroatoms. The maximum Gasteiger partial charge on any atom is 0.236 e. The fourth-order valence-corrected chi connectivity index (χ4v) is 2.13. The van der Waals surface area contributed by atoms with Gasteiger partial charge < -0.3 is 16.4 Å². The van der Waals surface area contributed by atoms with Crippen LogP contribution in [0.15, 0.2) is 18.2 Å². The summed E-state index contributed by atoms with van der Waals surface area (Å²) in [6, 6.07) is 5.62. The fourth-order valence-electron chi connectivity index (χ4n) is 1.81. The molecule has 0 saturated carbocycles. The Balaban J connectivity index is 3.00. The van der Waals surface area contributed by atoms with Gasteiger partial charge in [0.2, 0.25) is 5.91 Å². The largest absolute Gasteiger partial charge is 0.368 e. The summed E-state index contributed by atoms with van der Waals surface area (Å²) >= 11 is 6.22. The molecule has 0 saturated heterocycles. The van der Waals surface area contributed by atoms with Crippen LogP contribution in [0.25, 0.3) is 0 Å². The number of nitrogens with zero attached hydrogens (tertiary/aromatic N) is 1. The van der Waals surface area contributed by atoms with Crippen LogP contribution in [-0.2, 0) is 11.3 Å². The molecule has 0 unspecified atom stereocenters. The molecule has 4 N–H and O–H groups in total. The average molecular weight is 270 g/mol. The first kappa shape index (κ1) is 14.8. The summed E-state index contributed by atoms with van der Waals surface area (Å²) in [5.74, 6) is 0.0456. The predicted molar refractivity (Wildman–Crippen MR) is 75.6 cm³/mol. The SMILES string of the molecule is CC(C)CN(CC(N)=O)c1ccc(CN)cc1Cl. The van der Waals surface area contributed by atoms with Gasteiger partial charge in [-0.05, 0) is 23.6 Å². The van der Waals surface area contributed by atoms with Gasteiger partial charge in [-0.2, -0.15) is 0 Å². The van der Waals surface area contributed by atoms with Crippen LogP contribution in [-0.4, -0.2) is 19.0 Å². The highest BCUT2D eigenvalue weighted by atomic mass is 35.5. The lowest BCUT2D eigenvalue weighted by Crippen LogP contribution is -2.36. The molecule has 0 fully saturated rings. The molecule has 0 atom stereocenters. The molecule has 18 heavy (non-hydrogen) atoms. The second-order valence-electron chi connectivity index (χ2n) is 4.73. The molecule has 100 valence electrons. The van der Waals surface area contributed by atoms with E-state index in [2.05, 4.69) is 13.8 Å². The van der Waals surface area contributed by atoms with Crippen LogP contribution in [0.3, 0.4) is 0 Å². The van der Waals surface area contributed by atoms with Crippen LogP contribution in [0.5, 0.6) is 0 Å². The number of amides is 1. The van der Waals surface area contributed by atoms with Crippen LogP contribution < -0.4 is 16.4 Å². The van der Waals surface area contributed by atoms with Gasteiger partial charge in [0.25, 0.3) is 0 Å². The smallest absolute Gasteiger partial charge is 0.236 e. The number of rotatable bonds is 6. The topological polar surface area (TPSA) is 72.3 Å². The van der Waals surface area contributed by atoms with Gasteiger partial charge in [0, 0.05) is 13.1 Å². The Morgan fingerprint density at radius 3 is 2.56 bits per heavy atom. The van der Waals surface area contributed by atoms with Gasteiger partial charge in [0.15, 0.2) is 0 Å². The molecule has 0 bridgehead atoms. The first-order chi connectivity index (χ1) is 8.43. The second kappa shape index (κ2) is 6.61. The maximum atomic E-state index is 11.1. The zero-order valence-corrected chi connectivity index (χ0v) is 11.6. The minimum absolute atomic E-state index is 0.167. The highest BCUT2D eigenvalue weighted by Crippen LogP contribution is 2.27. The molecule has 0 aliphatic heterocycles. The zero-order valence-electron chi connectivity index (χ0n) is 10.8. The van der Waals surface area contributed by atoms with Crippen molar-refractivity contribution in [2.24, 2.45) is 17.4 Å². The standard InChI is InChI=1S/C13H20ClN3O/c1-9(2)7-17(8-13(16)18)12-4-3-10(6-15)5-11(12)14/h3-5,9H,6-8,15H2,1-2H3,(H2,16,18). The van der Waals surface area contributed by atoms with Crippen molar-refractivity contribution in [1.82, 2.24) is 0 Å². The van der Waals surface area contributed by atoms with E-state index < -0.39 is 0 Å². The second-order valence-corrected chi connectivity index (χ2v) is 5.14. The van der Waals surface area contributed by atoms with Crippen molar-refractivity contribution in [2.45, 2.75) is 20.4 Å². The predicted octanol–water partition coefficient (Wildman–Crippen LogP) is 1.75. The van der Waals surface area contributed by atoms with Crippen LogP contribution >= 0.6 is 11.6 Å². The normalized spacial score (nSPS) is 10.7. The molecular weight excluding hydrogens is 250 g/mol. The third-order valence-electron chi connectivity index (χ3n) is 2.52. The number of benzene rings is 1. The van der Waals surface area contributed by atoms with Gasteiger partial charge in [-0.25, -0.2) is 0 Å². The maximum absolute atomic E-state index is 11.1. The molecular formula is C13H20ClN3O. The number of hydrogen-bond acceptors (Lipinski definition) is 3. The summed E-state index contributed by atoms with van der Waals surface area (Å²) in [6.45, 7) is 5.50. The summed E-state index contributed by atoms with van der Waals surface area (Å²) in [7, 11) is 0. The molecule has 0 spiro atoms. The Morgan fingerprint density at radius 1 is 1.44 bits per heavy atom. The van der Waals surface area contributed by atoms with E-state index in [0.717, 1.165) is 17.8 Å². The van der Waals surface area contributed by atoms with Crippen molar-refractivity contribution in [3.05, 3.63) is 28.8 Å². The molecule has 0 aliphatic rings. The molecule has 1 aromatic rings. The quantitative estimate of drug-likeness (QED) is 0.826. The molecule has 1 rings (SSSR count). The average Bonchev–Trinajstić information content (AvgIpc) is 2.26. The number of carbonyl (C=O) groups is 1. The molecule has 0 heterocycles. The van der Waals surface area contributed by atoms with Gasteiger partial charge >= 0.3 is 0 Å². The number of carbonyl (C=O) groups excluding carboxylic acids is 1. The Labute approximate surface area is 113 Å². The lowest BCUT2D eigenvalue weighted by Gasteiger charge is -2.26. The summed E-state index contributed by atoms with van der Waals surface area (Å²) in [5, 5.41) is 0.597. The van der Waals surface area contributed by atoms with Crippen molar-refractivity contribution in [1.29, 1.82) is 0 Å². The molecule has 0 aromatic heterocycles. The third-order valence-corrected chi connectivity index (χ3v) is 2.82. The summed E-state index contributed by atoms with van der Waals surface area (Å²) < 4.78 is 0. The van der Waals surface area contributed by atoms with Crippen molar-refractivity contribution in [2.75, 3.05) is 18.0 Å². The van der Waals surface area contributed by atoms with E-state index in [9.17, 15) is 4.79 Å². The minimum Gasteiger partial charge on any atom is -0.368 e. The van der Waals surface area contributed by atoms with Crippen LogP contribution in [0.1, 0.15) is 19.4 Å². The van der Waals surface area contributed by atoms with Crippen LogP contribution in [0.2, 0.25) is 5.02 Å². The van der Waals surface area contributed by atoms with Gasteiger partial charge in [-0.3, -0.25) is 4.79 Å². The highest BCUT2D eigenvalue weighted by molar-refractivity contribution is 6.33. The minimum atomic E-state index is -0.366. The monoisotopic (exact) mass is 269 g/mol. The fraction of sp³-hybridized carbons (Fsp3) is 0.462. The Hall–Kier alpha value is -1.26. The Morgan fingerprint density at radius 2 is 2.11 bits per heavy atom. The zero-order chi connectivity index (χ0) is 13.7. The van der Waals surface area contributed by atoms with E-state index >= 15 is 0 Å². The molecule has 4 nitrogen and oxygen atoms in total. The van der Waals surface area contributed by atoms with E-state index in [-0.39, 0.29) is 12.5 Å². The number of primary amides is 1. The number of hydrogen-bond donors (Lipinski definition) is 2. The highest BCUT2D eigenvalue weighted by Gasteiger charge is 2.14. The number of anilines is 1. The van der Waals surface area contributed by atoms with Crippen molar-refractivity contribution < 1.29 is 4.79 Å². The first-order valence-corrected chi connectivity index (χ1v) is 6.33. The van der Waals surface area contributed by atoms with Crippen LogP contribution in [0, 0.1) is 5.92 Å². The Kier molecular flexibility index (Phi) is 5.44. The van der Waals surface area contributed by atoms with Crippen molar-refractivity contribution in [3.63, 3.8) is 0 Å². The van der Waals surface area contributed by atoms with E-state index in [1.807, 2.05) is 23.1 Å². The molecule has 0 radical (unpaired) electrons. The van der Waals surface area contributed by atoms with Gasteiger partial charge in [-0.15, -0.1) is 0 Å². The van der Waals surface area contributed by atoms with Crippen molar-refractivity contribution in [3.8, 4) is 0 Å². The summed E-state index contributed by atoms with van der Waals surface area (Å²) in [6.07, 6.45) is 0.